The predicted octanol–water partition coefficient (Wildman–Crippen LogP) is 6.64. The van der Waals surface area contributed by atoms with Crippen molar-refractivity contribution in [1.82, 2.24) is 20.5 Å². The van der Waals surface area contributed by atoms with Crippen LogP contribution in [0.2, 0.25) is 0 Å². The molecule has 2 aliphatic rings. The van der Waals surface area contributed by atoms with Gasteiger partial charge >= 0.3 is 6.09 Å². The van der Waals surface area contributed by atoms with Crippen molar-refractivity contribution in [1.29, 1.82) is 0 Å². The quantitative estimate of drug-likeness (QED) is 0.0783. The molecular formula is C39H61BrN4O8. The maximum atomic E-state index is 11.8. The van der Waals surface area contributed by atoms with E-state index in [1.54, 1.807) is 27.2 Å². The number of alkyl halides is 1. The lowest BCUT2D eigenvalue weighted by Gasteiger charge is -2.18. The number of benzene rings is 1. The number of aldehydes is 1. The standard InChI is InChI=1S/C18H32N2O4.C12H10BrNO2.C7H13NO.C2H6O/c1-15(17(13-21)20-14-22)9-5-3-2-4-8-12-19-18(23)24-16-10-6-7-11-16;1-7-3-2-4-8-10(15)5-9(11(16)6-13)14-12(7)8;1-6-4-3-5-8(6)7(2)9;1-3-2/h13-17H,2-12H2,1H3,(H,19,23)(H,20,22);2-5H,6H2,1H3,(H,14,15);6H,3-5H2,1-2H3;1-2H3. The number of carbonyl (C=O) groups is 5. The minimum Gasteiger partial charge on any atom is -0.446 e. The lowest BCUT2D eigenvalue weighted by Crippen LogP contribution is -2.35. The number of rotatable bonds is 15. The first kappa shape index (κ1) is 46.4. The van der Waals surface area contributed by atoms with Crippen LogP contribution in [-0.4, -0.2) is 91.2 Å². The van der Waals surface area contributed by atoms with Gasteiger partial charge in [0.25, 0.3) is 0 Å². The third kappa shape index (κ3) is 17.8. The molecule has 12 nitrogen and oxygen atoms in total. The topological polar surface area (TPSA) is 164 Å². The second-order valence-electron chi connectivity index (χ2n) is 13.4. The molecule has 4 rings (SSSR count). The van der Waals surface area contributed by atoms with E-state index in [1.165, 1.54) is 18.9 Å². The molecule has 3 amide bonds. The fourth-order valence-corrected chi connectivity index (χ4v) is 6.45. The number of likely N-dealkylation sites (tertiary alicyclic amines) is 1. The van der Waals surface area contributed by atoms with Crippen LogP contribution in [0, 0.1) is 12.8 Å². The van der Waals surface area contributed by atoms with Crippen LogP contribution >= 0.6 is 15.9 Å². The Balaban J connectivity index is 0.000000411. The number of aromatic amines is 1. The Bertz CT molecular complexity index is 1430. The van der Waals surface area contributed by atoms with Gasteiger partial charge in [0.2, 0.25) is 12.3 Å². The average molecular weight is 794 g/mol. The summed E-state index contributed by atoms with van der Waals surface area (Å²) in [6.07, 6.45) is 14.1. The Hall–Kier alpha value is -3.58. The van der Waals surface area contributed by atoms with E-state index in [1.807, 2.05) is 30.9 Å². The van der Waals surface area contributed by atoms with Crippen LogP contribution in [0.5, 0.6) is 0 Å². The monoisotopic (exact) mass is 792 g/mol. The van der Waals surface area contributed by atoms with Crippen molar-refractivity contribution in [2.24, 2.45) is 5.92 Å². The number of fused-ring (bicyclic) bond motifs is 1. The summed E-state index contributed by atoms with van der Waals surface area (Å²) in [5, 5.41) is 6.18. The fourth-order valence-electron chi connectivity index (χ4n) is 6.15. The number of pyridine rings is 1. The number of carbonyl (C=O) groups excluding carboxylic acids is 5. The molecule has 1 aromatic heterocycles. The number of Topliss-reactive ketones (excluding diaryl/α,β-unsaturated/α-hetero) is 1. The maximum Gasteiger partial charge on any atom is 0.407 e. The number of amides is 3. The molecule has 3 atom stereocenters. The van der Waals surface area contributed by atoms with Crippen LogP contribution in [0.1, 0.15) is 114 Å². The summed E-state index contributed by atoms with van der Waals surface area (Å²) in [5.74, 6) is 0.266. The number of H-pyrrole nitrogens is 1. The van der Waals surface area contributed by atoms with Crippen LogP contribution in [-0.2, 0) is 23.9 Å². The number of nitrogens with one attached hydrogen (secondary N) is 3. The molecule has 1 saturated carbocycles. The van der Waals surface area contributed by atoms with E-state index < -0.39 is 0 Å². The lowest BCUT2D eigenvalue weighted by atomic mass is 9.96. The Kier molecular flexibility index (Phi) is 24.2. The summed E-state index contributed by atoms with van der Waals surface area (Å²) in [6.45, 7) is 9.27. The van der Waals surface area contributed by atoms with Crippen molar-refractivity contribution in [2.75, 3.05) is 32.6 Å². The minimum absolute atomic E-state index is 0.121. The number of ketones is 1. The number of para-hydroxylation sites is 1. The second kappa shape index (κ2) is 27.1. The van der Waals surface area contributed by atoms with E-state index in [2.05, 4.69) is 43.2 Å². The van der Waals surface area contributed by atoms with Gasteiger partial charge in [0, 0.05) is 51.7 Å². The van der Waals surface area contributed by atoms with Crippen molar-refractivity contribution in [3.05, 3.63) is 45.7 Å². The molecule has 1 aliphatic carbocycles. The van der Waals surface area contributed by atoms with Crippen LogP contribution in [0.3, 0.4) is 0 Å². The molecule has 2 aromatic rings. The molecule has 1 aromatic carbocycles. The van der Waals surface area contributed by atoms with Gasteiger partial charge in [0.1, 0.15) is 12.4 Å². The van der Waals surface area contributed by atoms with Gasteiger partial charge in [-0.1, -0.05) is 60.7 Å². The van der Waals surface area contributed by atoms with Gasteiger partial charge in [-0.3, -0.25) is 19.2 Å². The summed E-state index contributed by atoms with van der Waals surface area (Å²) in [6, 6.07) is 6.95. The summed E-state index contributed by atoms with van der Waals surface area (Å²) in [7, 11) is 3.25. The first-order chi connectivity index (χ1) is 24.9. The highest BCUT2D eigenvalue weighted by atomic mass is 79.9. The summed E-state index contributed by atoms with van der Waals surface area (Å²) < 4.78 is 9.58. The number of hydrogen-bond acceptors (Lipinski definition) is 8. The van der Waals surface area contributed by atoms with E-state index in [0.717, 1.165) is 88.1 Å². The molecule has 3 unspecified atom stereocenters. The van der Waals surface area contributed by atoms with Gasteiger partial charge in [0.05, 0.1) is 22.6 Å². The fraction of sp³-hybridized carbons (Fsp3) is 0.641. The maximum absolute atomic E-state index is 11.8. The van der Waals surface area contributed by atoms with Gasteiger partial charge in [-0.2, -0.15) is 0 Å². The number of aromatic nitrogens is 1. The highest BCUT2D eigenvalue weighted by Gasteiger charge is 2.21. The van der Waals surface area contributed by atoms with E-state index in [9.17, 15) is 28.8 Å². The van der Waals surface area contributed by atoms with E-state index >= 15 is 0 Å². The molecule has 2 heterocycles. The third-order valence-corrected chi connectivity index (χ3v) is 9.66. The Labute approximate surface area is 317 Å². The van der Waals surface area contributed by atoms with Crippen molar-refractivity contribution in [3.63, 3.8) is 0 Å². The van der Waals surface area contributed by atoms with Gasteiger partial charge in [-0.25, -0.2) is 4.79 Å². The minimum atomic E-state index is -0.377. The first-order valence-corrected chi connectivity index (χ1v) is 19.5. The van der Waals surface area contributed by atoms with Crippen molar-refractivity contribution >= 4 is 57.3 Å². The number of ether oxygens (including phenoxy) is 2. The second-order valence-corrected chi connectivity index (χ2v) is 14.0. The molecule has 0 radical (unpaired) electrons. The number of halogens is 1. The Morgan fingerprint density at radius 1 is 1.04 bits per heavy atom. The lowest BCUT2D eigenvalue weighted by molar-refractivity contribution is -0.129. The Morgan fingerprint density at radius 3 is 2.25 bits per heavy atom. The molecule has 52 heavy (non-hydrogen) atoms. The molecular weight excluding hydrogens is 732 g/mol. The number of methoxy groups -OCH3 is 1. The van der Waals surface area contributed by atoms with Gasteiger partial charge in [-0.05, 0) is 82.8 Å². The normalized spacial score (nSPS) is 16.1. The SMILES string of the molecule is CC(=O)N1CCCC1C.CC(CCCCCCCNC(=O)OC1CCCC1)C(C=O)NC=O.COC.Cc1cccc2c(=O)cc(C(=O)CBr)[nH]c12. The molecule has 0 spiro atoms. The molecule has 292 valence electrons. The van der Waals surface area contributed by atoms with Crippen molar-refractivity contribution < 1.29 is 33.4 Å². The van der Waals surface area contributed by atoms with Crippen LogP contribution in [0.25, 0.3) is 10.9 Å². The summed E-state index contributed by atoms with van der Waals surface area (Å²) >= 11 is 3.09. The zero-order valence-electron chi connectivity index (χ0n) is 32.0. The molecule has 13 heteroatoms. The smallest absolute Gasteiger partial charge is 0.407 e. The first-order valence-electron chi connectivity index (χ1n) is 18.4. The van der Waals surface area contributed by atoms with Gasteiger partial charge < -0.3 is 34.8 Å². The Morgan fingerprint density at radius 2 is 1.69 bits per heavy atom. The molecule has 1 saturated heterocycles. The van der Waals surface area contributed by atoms with Crippen molar-refractivity contribution in [2.45, 2.75) is 123 Å². The molecule has 1 aliphatic heterocycles. The molecule has 0 bridgehead atoms. The molecule has 2 fully saturated rings. The third-order valence-electron chi connectivity index (χ3n) is 9.15. The van der Waals surface area contributed by atoms with E-state index in [4.69, 9.17) is 4.74 Å². The van der Waals surface area contributed by atoms with Crippen LogP contribution in [0.4, 0.5) is 4.79 Å². The zero-order valence-corrected chi connectivity index (χ0v) is 33.6. The number of alkyl carbamates (subject to hydrolysis) is 1. The summed E-state index contributed by atoms with van der Waals surface area (Å²) in [5.41, 5.74) is 1.92. The molecule has 3 N–H and O–H groups in total. The largest absolute Gasteiger partial charge is 0.446 e. The zero-order chi connectivity index (χ0) is 38.9. The average Bonchev–Trinajstić information content (AvgIpc) is 3.81. The summed E-state index contributed by atoms with van der Waals surface area (Å²) in [4.78, 5) is 71.8. The van der Waals surface area contributed by atoms with Gasteiger partial charge in [0.15, 0.2) is 11.2 Å². The van der Waals surface area contributed by atoms with Crippen molar-refractivity contribution in [3.8, 4) is 0 Å². The van der Waals surface area contributed by atoms with E-state index in [0.29, 0.717) is 30.1 Å². The number of unbranched alkanes of at least 4 members (excludes halogenated alkanes) is 4. The highest BCUT2D eigenvalue weighted by Crippen LogP contribution is 2.21. The van der Waals surface area contributed by atoms with Gasteiger partial charge in [-0.15, -0.1) is 0 Å². The predicted molar refractivity (Wildman–Crippen MR) is 209 cm³/mol. The number of hydrogen-bond donors (Lipinski definition) is 3. The highest BCUT2D eigenvalue weighted by molar-refractivity contribution is 9.09. The van der Waals surface area contributed by atoms with Crippen LogP contribution in [0.15, 0.2) is 29.1 Å². The number of nitrogens with zero attached hydrogens (tertiary/aromatic N) is 1. The number of aryl methyl sites for hydroxylation is 1. The van der Waals surface area contributed by atoms with E-state index in [-0.39, 0.29) is 46.6 Å². The van der Waals surface area contributed by atoms with Crippen LogP contribution < -0.4 is 16.1 Å².